The quantitative estimate of drug-likeness (QED) is 0.518. The SMILES string of the molecule is COc1ccc([N+](=O)[O-])cc1NC(=O)CCCS(=O)(=O)Cc1ccccc1. The molecule has 0 saturated heterocycles. The van der Waals surface area contributed by atoms with E-state index in [4.69, 9.17) is 4.74 Å². The number of nitro benzene ring substituents is 1. The van der Waals surface area contributed by atoms with Crippen LogP contribution in [0.4, 0.5) is 11.4 Å². The van der Waals surface area contributed by atoms with E-state index in [9.17, 15) is 23.3 Å². The summed E-state index contributed by atoms with van der Waals surface area (Å²) in [5, 5.41) is 13.4. The molecule has 9 heteroatoms. The van der Waals surface area contributed by atoms with Gasteiger partial charge in [0, 0.05) is 18.6 Å². The number of hydrogen-bond donors (Lipinski definition) is 1. The maximum atomic E-state index is 12.1. The molecule has 2 aromatic carbocycles. The number of nitro groups is 1. The van der Waals surface area contributed by atoms with Gasteiger partial charge in [0.1, 0.15) is 5.75 Å². The Bertz CT molecular complexity index is 913. The number of non-ortho nitro benzene ring substituents is 1. The van der Waals surface area contributed by atoms with Gasteiger partial charge >= 0.3 is 0 Å². The van der Waals surface area contributed by atoms with E-state index < -0.39 is 20.7 Å². The van der Waals surface area contributed by atoms with Gasteiger partial charge in [0.05, 0.1) is 29.2 Å². The number of sulfone groups is 1. The van der Waals surface area contributed by atoms with E-state index >= 15 is 0 Å². The summed E-state index contributed by atoms with van der Waals surface area (Å²) in [6.45, 7) is 0. The Kier molecular flexibility index (Phi) is 6.89. The van der Waals surface area contributed by atoms with Crippen molar-refractivity contribution < 1.29 is 22.9 Å². The van der Waals surface area contributed by atoms with Gasteiger partial charge in [0.2, 0.25) is 5.91 Å². The van der Waals surface area contributed by atoms with Crippen LogP contribution in [-0.4, -0.2) is 32.1 Å². The van der Waals surface area contributed by atoms with Crippen LogP contribution < -0.4 is 10.1 Å². The summed E-state index contributed by atoms with van der Waals surface area (Å²) in [6.07, 6.45) is 0.123. The lowest BCUT2D eigenvalue weighted by Crippen LogP contribution is -2.15. The molecule has 0 radical (unpaired) electrons. The molecule has 27 heavy (non-hydrogen) atoms. The number of nitrogens with one attached hydrogen (secondary N) is 1. The van der Waals surface area contributed by atoms with Crippen molar-refractivity contribution in [1.82, 2.24) is 0 Å². The van der Waals surface area contributed by atoms with Crippen LogP contribution in [0, 0.1) is 10.1 Å². The minimum absolute atomic E-state index is 0.0279. The molecule has 0 bridgehead atoms. The van der Waals surface area contributed by atoms with Crippen LogP contribution in [0.25, 0.3) is 0 Å². The van der Waals surface area contributed by atoms with Gasteiger partial charge in [-0.1, -0.05) is 30.3 Å². The smallest absolute Gasteiger partial charge is 0.271 e. The zero-order valence-corrected chi connectivity index (χ0v) is 15.6. The van der Waals surface area contributed by atoms with Crippen LogP contribution in [0.15, 0.2) is 48.5 Å². The Morgan fingerprint density at radius 3 is 2.52 bits per heavy atom. The normalized spacial score (nSPS) is 11.0. The van der Waals surface area contributed by atoms with Crippen molar-refractivity contribution in [3.05, 3.63) is 64.2 Å². The number of rotatable bonds is 9. The topological polar surface area (TPSA) is 116 Å². The molecule has 0 saturated carbocycles. The van der Waals surface area contributed by atoms with Gasteiger partial charge < -0.3 is 10.1 Å². The largest absolute Gasteiger partial charge is 0.495 e. The van der Waals surface area contributed by atoms with Crippen molar-refractivity contribution in [1.29, 1.82) is 0 Å². The maximum absolute atomic E-state index is 12.1. The maximum Gasteiger partial charge on any atom is 0.271 e. The lowest BCUT2D eigenvalue weighted by Gasteiger charge is -2.10. The molecule has 0 aliphatic rings. The Hall–Kier alpha value is -2.94. The highest BCUT2D eigenvalue weighted by molar-refractivity contribution is 7.90. The van der Waals surface area contributed by atoms with Crippen LogP contribution in [0.1, 0.15) is 18.4 Å². The highest BCUT2D eigenvalue weighted by atomic mass is 32.2. The fraction of sp³-hybridized carbons (Fsp3) is 0.278. The average Bonchev–Trinajstić information content (AvgIpc) is 2.61. The molecule has 2 rings (SSSR count). The third kappa shape index (κ3) is 6.37. The van der Waals surface area contributed by atoms with Gasteiger partial charge in [-0.3, -0.25) is 14.9 Å². The highest BCUT2D eigenvalue weighted by Crippen LogP contribution is 2.29. The number of benzene rings is 2. The van der Waals surface area contributed by atoms with Crippen LogP contribution >= 0.6 is 0 Å². The molecule has 0 atom stereocenters. The molecule has 0 heterocycles. The van der Waals surface area contributed by atoms with E-state index in [1.807, 2.05) is 6.07 Å². The molecule has 0 aliphatic carbocycles. The molecule has 0 fully saturated rings. The molecule has 2 aromatic rings. The summed E-state index contributed by atoms with van der Waals surface area (Å²) in [7, 11) is -1.95. The van der Waals surface area contributed by atoms with Crippen molar-refractivity contribution >= 4 is 27.1 Å². The van der Waals surface area contributed by atoms with E-state index in [0.29, 0.717) is 5.56 Å². The van der Waals surface area contributed by atoms with Crippen molar-refractivity contribution in [3.63, 3.8) is 0 Å². The first-order valence-electron chi connectivity index (χ1n) is 8.17. The Morgan fingerprint density at radius 1 is 1.19 bits per heavy atom. The minimum atomic E-state index is -3.33. The van der Waals surface area contributed by atoms with Gasteiger partial charge in [0.25, 0.3) is 5.69 Å². The van der Waals surface area contributed by atoms with E-state index in [1.54, 1.807) is 24.3 Å². The van der Waals surface area contributed by atoms with E-state index in [1.165, 1.54) is 25.3 Å². The predicted octanol–water partition coefficient (Wildman–Crippen LogP) is 2.94. The minimum Gasteiger partial charge on any atom is -0.495 e. The number of amides is 1. The van der Waals surface area contributed by atoms with Crippen molar-refractivity contribution in [2.24, 2.45) is 0 Å². The van der Waals surface area contributed by atoms with Gasteiger partial charge in [-0.25, -0.2) is 8.42 Å². The Morgan fingerprint density at radius 2 is 1.89 bits per heavy atom. The van der Waals surface area contributed by atoms with Crippen molar-refractivity contribution in [2.75, 3.05) is 18.2 Å². The first-order chi connectivity index (χ1) is 12.8. The molecule has 0 aliphatic heterocycles. The van der Waals surface area contributed by atoms with Crippen LogP contribution in [0.5, 0.6) is 5.75 Å². The molecule has 0 aromatic heterocycles. The zero-order valence-electron chi connectivity index (χ0n) is 14.8. The number of ether oxygens (including phenoxy) is 1. The second-order valence-electron chi connectivity index (χ2n) is 5.87. The van der Waals surface area contributed by atoms with E-state index in [2.05, 4.69) is 5.32 Å². The summed E-state index contributed by atoms with van der Waals surface area (Å²) in [5.74, 6) is -0.357. The first-order valence-corrected chi connectivity index (χ1v) is 9.99. The van der Waals surface area contributed by atoms with Crippen LogP contribution in [0.3, 0.4) is 0 Å². The average molecular weight is 392 g/mol. The Labute approximate surface area is 157 Å². The van der Waals surface area contributed by atoms with Gasteiger partial charge in [-0.15, -0.1) is 0 Å². The second-order valence-corrected chi connectivity index (χ2v) is 8.06. The van der Waals surface area contributed by atoms with E-state index in [-0.39, 0.29) is 41.5 Å². The fourth-order valence-electron chi connectivity index (χ4n) is 2.47. The number of methoxy groups -OCH3 is 1. The lowest BCUT2D eigenvalue weighted by molar-refractivity contribution is -0.384. The number of carbonyl (C=O) groups excluding carboxylic acids is 1. The monoisotopic (exact) mass is 392 g/mol. The fourth-order valence-corrected chi connectivity index (χ4v) is 3.90. The summed E-state index contributed by atoms with van der Waals surface area (Å²) in [4.78, 5) is 22.4. The Balaban J connectivity index is 1.91. The molecular weight excluding hydrogens is 372 g/mol. The van der Waals surface area contributed by atoms with Crippen molar-refractivity contribution in [3.8, 4) is 5.75 Å². The first kappa shape index (κ1) is 20.4. The number of hydrogen-bond acceptors (Lipinski definition) is 6. The number of nitrogens with zero attached hydrogens (tertiary/aromatic N) is 1. The van der Waals surface area contributed by atoms with Crippen molar-refractivity contribution in [2.45, 2.75) is 18.6 Å². The van der Waals surface area contributed by atoms with Gasteiger partial charge in [-0.05, 0) is 18.1 Å². The predicted molar refractivity (Wildman–Crippen MR) is 101 cm³/mol. The number of carbonyl (C=O) groups is 1. The molecule has 1 amide bonds. The molecular formula is C18H20N2O6S. The molecule has 8 nitrogen and oxygen atoms in total. The molecule has 0 unspecified atom stereocenters. The van der Waals surface area contributed by atoms with Crippen LogP contribution in [-0.2, 0) is 20.4 Å². The molecule has 1 N–H and O–H groups in total. The lowest BCUT2D eigenvalue weighted by atomic mass is 10.2. The highest BCUT2D eigenvalue weighted by Gasteiger charge is 2.16. The standard InChI is InChI=1S/C18H20N2O6S/c1-26-17-10-9-15(20(22)23)12-16(17)19-18(21)8-5-11-27(24,25)13-14-6-3-2-4-7-14/h2-4,6-7,9-10,12H,5,8,11,13H2,1H3,(H,19,21). The van der Waals surface area contributed by atoms with Gasteiger partial charge in [-0.2, -0.15) is 0 Å². The number of anilines is 1. The molecule has 0 spiro atoms. The second kappa shape index (κ2) is 9.13. The molecule has 144 valence electrons. The van der Waals surface area contributed by atoms with Crippen LogP contribution in [0.2, 0.25) is 0 Å². The van der Waals surface area contributed by atoms with E-state index in [0.717, 1.165) is 0 Å². The zero-order chi connectivity index (χ0) is 19.9. The summed E-state index contributed by atoms with van der Waals surface area (Å²) in [6, 6.07) is 12.7. The third-order valence-corrected chi connectivity index (χ3v) is 5.44. The summed E-state index contributed by atoms with van der Waals surface area (Å²) >= 11 is 0. The third-order valence-electron chi connectivity index (χ3n) is 3.76. The van der Waals surface area contributed by atoms with Gasteiger partial charge in [0.15, 0.2) is 9.84 Å². The summed E-state index contributed by atoms with van der Waals surface area (Å²) < 4.78 is 29.3. The summed E-state index contributed by atoms with van der Waals surface area (Å²) in [5.41, 5.74) is 0.684.